The molecule has 0 N–H and O–H groups in total. The maximum absolute atomic E-state index is 11.7. The summed E-state index contributed by atoms with van der Waals surface area (Å²) in [7, 11) is 0. The topological polar surface area (TPSA) is 26.3 Å². The van der Waals surface area contributed by atoms with E-state index in [1.807, 2.05) is 38.1 Å². The zero-order chi connectivity index (χ0) is 14.0. The summed E-state index contributed by atoms with van der Waals surface area (Å²) in [6.07, 6.45) is 0. The second-order valence-electron chi connectivity index (χ2n) is 5.24. The quantitative estimate of drug-likeness (QED) is 0.606. The minimum atomic E-state index is -0.667. The van der Waals surface area contributed by atoms with Crippen molar-refractivity contribution in [2.75, 3.05) is 0 Å². The maximum atomic E-state index is 11.7. The van der Waals surface area contributed by atoms with E-state index < -0.39 is 5.60 Å². The molecule has 0 amide bonds. The molecule has 2 heteroatoms. The highest BCUT2D eigenvalue weighted by molar-refractivity contribution is 5.87. The molecule has 0 saturated heterocycles. The first-order chi connectivity index (χ1) is 8.90. The number of esters is 1. The monoisotopic (exact) mass is 254 g/mol. The predicted octanol–water partition coefficient (Wildman–Crippen LogP) is 4.19. The predicted molar refractivity (Wildman–Crippen MR) is 77.9 cm³/mol. The summed E-state index contributed by atoms with van der Waals surface area (Å²) in [6.45, 7) is 9.03. The highest BCUT2D eigenvalue weighted by atomic mass is 16.6. The molecule has 2 aromatic rings. The van der Waals surface area contributed by atoms with Gasteiger partial charge in [-0.2, -0.15) is 0 Å². The van der Waals surface area contributed by atoms with E-state index in [0.29, 0.717) is 5.57 Å². The molecule has 0 atom stereocenters. The zero-order valence-corrected chi connectivity index (χ0v) is 11.6. The summed E-state index contributed by atoms with van der Waals surface area (Å²) in [5.74, 6) is -0.363. The van der Waals surface area contributed by atoms with Gasteiger partial charge in [-0.1, -0.05) is 43.0 Å². The highest BCUT2D eigenvalue weighted by Crippen LogP contribution is 2.28. The molecule has 0 aromatic heterocycles. The molecule has 0 aliphatic carbocycles. The Hall–Kier alpha value is -2.09. The van der Waals surface area contributed by atoms with Crippen LogP contribution in [0.5, 0.6) is 0 Å². The molecule has 2 aromatic carbocycles. The summed E-state index contributed by atoms with van der Waals surface area (Å²) >= 11 is 0. The lowest BCUT2D eigenvalue weighted by Gasteiger charge is -2.26. The van der Waals surface area contributed by atoms with Crippen molar-refractivity contribution in [3.8, 4) is 0 Å². The number of carbonyl (C=O) groups is 1. The van der Waals surface area contributed by atoms with Gasteiger partial charge in [0.05, 0.1) is 0 Å². The van der Waals surface area contributed by atoms with Crippen LogP contribution in [-0.2, 0) is 15.1 Å². The average Bonchev–Trinajstić information content (AvgIpc) is 2.37. The normalized spacial score (nSPS) is 11.3. The molecule has 0 aliphatic rings. The van der Waals surface area contributed by atoms with Crippen LogP contribution in [0.4, 0.5) is 0 Å². The third-order valence-electron chi connectivity index (χ3n) is 3.14. The van der Waals surface area contributed by atoms with Crippen LogP contribution < -0.4 is 0 Å². The van der Waals surface area contributed by atoms with E-state index in [1.54, 1.807) is 6.92 Å². The van der Waals surface area contributed by atoms with Gasteiger partial charge in [-0.25, -0.2) is 4.79 Å². The summed E-state index contributed by atoms with van der Waals surface area (Å²) < 4.78 is 5.50. The lowest BCUT2D eigenvalue weighted by molar-refractivity contribution is -0.152. The Morgan fingerprint density at radius 2 is 1.74 bits per heavy atom. The van der Waals surface area contributed by atoms with Crippen molar-refractivity contribution in [2.45, 2.75) is 26.4 Å². The van der Waals surface area contributed by atoms with E-state index in [1.165, 1.54) is 5.39 Å². The number of hydrogen-bond acceptors (Lipinski definition) is 2. The largest absolute Gasteiger partial charge is 0.451 e. The Morgan fingerprint density at radius 3 is 2.37 bits per heavy atom. The van der Waals surface area contributed by atoms with E-state index in [0.717, 1.165) is 10.9 Å². The van der Waals surface area contributed by atoms with Crippen molar-refractivity contribution >= 4 is 16.7 Å². The number of hydrogen-bond donors (Lipinski definition) is 0. The van der Waals surface area contributed by atoms with Gasteiger partial charge in [0, 0.05) is 5.57 Å². The molecule has 0 fully saturated rings. The standard InChI is InChI=1S/C17H18O2/c1-12(2)16(18)19-17(3,4)15-10-9-13-7-5-6-8-14(13)11-15/h5-11H,1H2,2-4H3. The Bertz CT molecular complexity index is 639. The van der Waals surface area contributed by atoms with Gasteiger partial charge in [0.1, 0.15) is 5.60 Å². The number of ether oxygens (including phenoxy) is 1. The second kappa shape index (κ2) is 4.88. The molecule has 0 aliphatic heterocycles. The van der Waals surface area contributed by atoms with Crippen LogP contribution in [0.1, 0.15) is 26.3 Å². The van der Waals surface area contributed by atoms with Crippen LogP contribution in [0.25, 0.3) is 10.8 Å². The van der Waals surface area contributed by atoms with Gasteiger partial charge in [-0.3, -0.25) is 0 Å². The van der Waals surface area contributed by atoms with Gasteiger partial charge >= 0.3 is 5.97 Å². The molecule has 0 bridgehead atoms. The Labute approximate surface area is 113 Å². The Balaban J connectivity index is 2.37. The van der Waals surface area contributed by atoms with Gasteiger partial charge < -0.3 is 4.74 Å². The van der Waals surface area contributed by atoms with Gasteiger partial charge in [0.25, 0.3) is 0 Å². The fourth-order valence-electron chi connectivity index (χ4n) is 1.94. The average molecular weight is 254 g/mol. The van der Waals surface area contributed by atoms with Gasteiger partial charge in [-0.05, 0) is 43.2 Å². The van der Waals surface area contributed by atoms with Gasteiger partial charge in [-0.15, -0.1) is 0 Å². The molecule has 2 nitrogen and oxygen atoms in total. The van der Waals surface area contributed by atoms with Crippen LogP contribution >= 0.6 is 0 Å². The fraction of sp³-hybridized carbons (Fsp3) is 0.235. The smallest absolute Gasteiger partial charge is 0.333 e. The first kappa shape index (κ1) is 13.3. The lowest BCUT2D eigenvalue weighted by atomic mass is 9.95. The highest BCUT2D eigenvalue weighted by Gasteiger charge is 2.25. The molecule has 0 spiro atoms. The van der Waals surface area contributed by atoms with Gasteiger partial charge in [0.2, 0.25) is 0 Å². The number of rotatable bonds is 3. The van der Waals surface area contributed by atoms with Crippen LogP contribution in [0.2, 0.25) is 0 Å². The minimum absolute atomic E-state index is 0.363. The summed E-state index contributed by atoms with van der Waals surface area (Å²) in [5, 5.41) is 2.31. The van der Waals surface area contributed by atoms with E-state index in [2.05, 4.69) is 24.8 Å². The maximum Gasteiger partial charge on any atom is 0.333 e. The molecule has 98 valence electrons. The first-order valence-corrected chi connectivity index (χ1v) is 6.28. The summed E-state index contributed by atoms with van der Waals surface area (Å²) in [5.41, 5.74) is 0.717. The molecule has 0 saturated carbocycles. The molecule has 2 rings (SSSR count). The van der Waals surface area contributed by atoms with E-state index in [-0.39, 0.29) is 5.97 Å². The van der Waals surface area contributed by atoms with Crippen molar-refractivity contribution in [2.24, 2.45) is 0 Å². The third kappa shape index (κ3) is 2.84. The SMILES string of the molecule is C=C(C)C(=O)OC(C)(C)c1ccc2ccccc2c1. The zero-order valence-electron chi connectivity index (χ0n) is 11.6. The second-order valence-corrected chi connectivity index (χ2v) is 5.24. The fourth-order valence-corrected chi connectivity index (χ4v) is 1.94. The van der Waals surface area contributed by atoms with Crippen molar-refractivity contribution in [3.05, 3.63) is 60.2 Å². The molecule has 0 heterocycles. The summed E-state index contributed by atoms with van der Waals surface area (Å²) in [6, 6.07) is 14.2. The molecule has 19 heavy (non-hydrogen) atoms. The van der Waals surface area contributed by atoms with Crippen LogP contribution in [0.15, 0.2) is 54.6 Å². The number of fused-ring (bicyclic) bond motifs is 1. The Morgan fingerprint density at radius 1 is 1.11 bits per heavy atom. The summed E-state index contributed by atoms with van der Waals surface area (Å²) in [4.78, 5) is 11.7. The molecular formula is C17H18O2. The molecule has 0 radical (unpaired) electrons. The van der Waals surface area contributed by atoms with E-state index >= 15 is 0 Å². The van der Waals surface area contributed by atoms with Crippen LogP contribution in [-0.4, -0.2) is 5.97 Å². The van der Waals surface area contributed by atoms with E-state index in [4.69, 9.17) is 4.74 Å². The third-order valence-corrected chi connectivity index (χ3v) is 3.14. The van der Waals surface area contributed by atoms with Crippen LogP contribution in [0.3, 0.4) is 0 Å². The van der Waals surface area contributed by atoms with Crippen molar-refractivity contribution in [3.63, 3.8) is 0 Å². The number of carbonyl (C=O) groups excluding carboxylic acids is 1. The molecular weight excluding hydrogens is 236 g/mol. The van der Waals surface area contributed by atoms with Gasteiger partial charge in [0.15, 0.2) is 0 Å². The van der Waals surface area contributed by atoms with Crippen molar-refractivity contribution < 1.29 is 9.53 Å². The minimum Gasteiger partial charge on any atom is -0.451 e. The Kier molecular flexibility index (Phi) is 3.43. The van der Waals surface area contributed by atoms with Crippen molar-refractivity contribution in [1.29, 1.82) is 0 Å². The first-order valence-electron chi connectivity index (χ1n) is 6.28. The lowest BCUT2D eigenvalue weighted by Crippen LogP contribution is -2.25. The van der Waals surface area contributed by atoms with Crippen molar-refractivity contribution in [1.82, 2.24) is 0 Å². The van der Waals surface area contributed by atoms with Crippen LogP contribution in [0, 0.1) is 0 Å². The number of benzene rings is 2. The van der Waals surface area contributed by atoms with E-state index in [9.17, 15) is 4.79 Å². The molecule has 0 unspecified atom stereocenters.